The summed E-state index contributed by atoms with van der Waals surface area (Å²) < 4.78 is 5.11. The summed E-state index contributed by atoms with van der Waals surface area (Å²) in [6, 6.07) is 6.55. The smallest absolute Gasteiger partial charge is 0.338 e. The Balaban J connectivity index is 2.44. The van der Waals surface area contributed by atoms with Gasteiger partial charge in [0.15, 0.2) is 0 Å². The number of nitrogens with zero attached hydrogens (tertiary/aromatic N) is 2. The van der Waals surface area contributed by atoms with Gasteiger partial charge >= 0.3 is 12.0 Å². The summed E-state index contributed by atoms with van der Waals surface area (Å²) in [4.78, 5) is 26.3. The second-order valence-corrected chi connectivity index (χ2v) is 5.46. The molecule has 0 aromatic heterocycles. The van der Waals surface area contributed by atoms with Gasteiger partial charge in [-0.05, 0) is 31.5 Å². The topological polar surface area (TPSA) is 87.9 Å². The zero-order valence-electron chi connectivity index (χ0n) is 13.8. The highest BCUT2D eigenvalue weighted by Crippen LogP contribution is 2.30. The molecule has 0 saturated heterocycles. The van der Waals surface area contributed by atoms with E-state index in [9.17, 15) is 9.59 Å². The summed E-state index contributed by atoms with van der Waals surface area (Å²) in [6.07, 6.45) is 0. The van der Waals surface area contributed by atoms with Crippen molar-refractivity contribution in [2.45, 2.75) is 19.9 Å². The first kappa shape index (κ1) is 16.8. The Hall–Kier alpha value is -2.54. The molecule has 1 aromatic carbocycles. The molecule has 1 aliphatic heterocycles. The molecule has 7 nitrogen and oxygen atoms in total. The third kappa shape index (κ3) is 3.29. The van der Waals surface area contributed by atoms with E-state index in [-0.39, 0.29) is 6.61 Å². The quantitative estimate of drug-likeness (QED) is 0.499. The molecular formula is C16H22N4O3. The molecule has 0 spiro atoms. The lowest BCUT2D eigenvalue weighted by molar-refractivity contribution is -0.139. The van der Waals surface area contributed by atoms with Crippen molar-refractivity contribution < 1.29 is 14.3 Å². The number of esters is 1. The minimum absolute atomic E-state index is 0.250. The Morgan fingerprint density at radius 1 is 1.35 bits per heavy atom. The van der Waals surface area contributed by atoms with E-state index in [1.54, 1.807) is 13.8 Å². The number of anilines is 1. The molecule has 7 heteroatoms. The maximum absolute atomic E-state index is 12.3. The standard InChI is InChI=1S/C16H22N4O3/c1-5-23-15(21)13-10(2)20(17)16(22)18-14(13)11-6-8-12(9-7-11)19(3)4/h6-9,14H,5,17H2,1-4H3,(H,18,22). The molecule has 1 aliphatic rings. The van der Waals surface area contributed by atoms with Gasteiger partial charge in [0.05, 0.1) is 18.2 Å². The molecule has 1 atom stereocenters. The van der Waals surface area contributed by atoms with E-state index >= 15 is 0 Å². The maximum atomic E-state index is 12.3. The zero-order valence-corrected chi connectivity index (χ0v) is 13.8. The van der Waals surface area contributed by atoms with Crippen molar-refractivity contribution in [1.29, 1.82) is 0 Å². The first-order valence-electron chi connectivity index (χ1n) is 7.37. The number of benzene rings is 1. The van der Waals surface area contributed by atoms with Crippen LogP contribution in [0.15, 0.2) is 35.5 Å². The number of urea groups is 1. The van der Waals surface area contributed by atoms with E-state index < -0.39 is 18.0 Å². The highest BCUT2D eigenvalue weighted by Gasteiger charge is 2.35. The zero-order chi connectivity index (χ0) is 17.1. The van der Waals surface area contributed by atoms with E-state index in [0.29, 0.717) is 11.3 Å². The van der Waals surface area contributed by atoms with Gasteiger partial charge in [0.2, 0.25) is 0 Å². The van der Waals surface area contributed by atoms with E-state index in [4.69, 9.17) is 10.6 Å². The molecule has 3 N–H and O–H groups in total. The van der Waals surface area contributed by atoms with Crippen LogP contribution in [-0.4, -0.2) is 37.7 Å². The summed E-state index contributed by atoms with van der Waals surface area (Å²) in [5.41, 5.74) is 2.54. The third-order valence-electron chi connectivity index (χ3n) is 3.76. The lowest BCUT2D eigenvalue weighted by atomic mass is 9.95. The fourth-order valence-electron chi connectivity index (χ4n) is 2.45. The number of allylic oxidation sites excluding steroid dienone is 1. The van der Waals surface area contributed by atoms with Gasteiger partial charge in [-0.3, -0.25) is 0 Å². The van der Waals surface area contributed by atoms with Crippen LogP contribution in [0.25, 0.3) is 0 Å². The Morgan fingerprint density at radius 3 is 2.48 bits per heavy atom. The molecule has 1 unspecified atom stereocenters. The van der Waals surface area contributed by atoms with E-state index in [0.717, 1.165) is 16.3 Å². The van der Waals surface area contributed by atoms with Crippen molar-refractivity contribution in [2.24, 2.45) is 5.84 Å². The Morgan fingerprint density at radius 2 is 1.96 bits per heavy atom. The minimum atomic E-state index is -0.586. The van der Waals surface area contributed by atoms with Crippen LogP contribution in [-0.2, 0) is 9.53 Å². The Kier molecular flexibility index (Phi) is 4.90. The number of nitrogens with two attached hydrogens (primary N) is 1. The highest BCUT2D eigenvalue weighted by molar-refractivity contribution is 5.94. The molecule has 1 aromatic rings. The van der Waals surface area contributed by atoms with Crippen LogP contribution < -0.4 is 16.1 Å². The van der Waals surface area contributed by atoms with Crippen molar-refractivity contribution >= 4 is 17.7 Å². The average Bonchev–Trinajstić information content (AvgIpc) is 2.52. The molecule has 23 heavy (non-hydrogen) atoms. The second kappa shape index (κ2) is 6.70. The van der Waals surface area contributed by atoms with Gasteiger partial charge in [0.25, 0.3) is 0 Å². The van der Waals surface area contributed by atoms with Crippen molar-refractivity contribution in [3.63, 3.8) is 0 Å². The summed E-state index contributed by atoms with van der Waals surface area (Å²) in [7, 11) is 3.88. The van der Waals surface area contributed by atoms with Crippen LogP contribution in [0.2, 0.25) is 0 Å². The van der Waals surface area contributed by atoms with Gasteiger partial charge in [-0.2, -0.15) is 0 Å². The average molecular weight is 318 g/mol. The van der Waals surface area contributed by atoms with Crippen molar-refractivity contribution in [1.82, 2.24) is 10.3 Å². The number of rotatable bonds is 4. The lowest BCUT2D eigenvalue weighted by Crippen LogP contribution is -2.51. The number of hydrogen-bond acceptors (Lipinski definition) is 5. The SMILES string of the molecule is CCOC(=O)C1=C(C)N(N)C(=O)NC1c1ccc(N(C)C)cc1. The van der Waals surface area contributed by atoms with Crippen LogP contribution in [0.1, 0.15) is 25.5 Å². The maximum Gasteiger partial charge on any atom is 0.338 e. The van der Waals surface area contributed by atoms with Gasteiger partial charge in [-0.25, -0.2) is 20.4 Å². The first-order valence-corrected chi connectivity index (χ1v) is 7.37. The van der Waals surface area contributed by atoms with Gasteiger partial charge in [0.1, 0.15) is 0 Å². The number of nitrogens with one attached hydrogen (secondary N) is 1. The molecule has 2 rings (SSSR count). The van der Waals surface area contributed by atoms with Crippen LogP contribution in [0.5, 0.6) is 0 Å². The summed E-state index contributed by atoms with van der Waals surface area (Å²) in [6.45, 7) is 3.61. The fourth-order valence-corrected chi connectivity index (χ4v) is 2.45. The van der Waals surface area contributed by atoms with Crippen LogP contribution in [0.4, 0.5) is 10.5 Å². The largest absolute Gasteiger partial charge is 0.463 e. The number of hydrogen-bond donors (Lipinski definition) is 2. The van der Waals surface area contributed by atoms with E-state index in [1.807, 2.05) is 43.3 Å². The predicted octanol–water partition coefficient (Wildman–Crippen LogP) is 1.53. The molecular weight excluding hydrogens is 296 g/mol. The summed E-state index contributed by atoms with van der Waals surface area (Å²) in [5.74, 6) is 5.22. The fraction of sp³-hybridized carbons (Fsp3) is 0.375. The highest BCUT2D eigenvalue weighted by atomic mass is 16.5. The number of carbonyl (C=O) groups excluding carboxylic acids is 2. The van der Waals surface area contributed by atoms with Gasteiger partial charge in [0, 0.05) is 25.5 Å². The van der Waals surface area contributed by atoms with Crippen molar-refractivity contribution in [3.05, 3.63) is 41.1 Å². The monoisotopic (exact) mass is 318 g/mol. The molecule has 1 heterocycles. The van der Waals surface area contributed by atoms with Crippen molar-refractivity contribution in [2.75, 3.05) is 25.6 Å². The minimum Gasteiger partial charge on any atom is -0.463 e. The summed E-state index contributed by atoms with van der Waals surface area (Å²) in [5, 5.41) is 3.67. The molecule has 0 bridgehead atoms. The van der Waals surface area contributed by atoms with E-state index in [2.05, 4.69) is 5.32 Å². The number of ether oxygens (including phenoxy) is 1. The molecule has 0 fully saturated rings. The normalized spacial score (nSPS) is 17.9. The van der Waals surface area contributed by atoms with Gasteiger partial charge in [-0.1, -0.05) is 12.1 Å². The van der Waals surface area contributed by atoms with Crippen molar-refractivity contribution in [3.8, 4) is 0 Å². The summed E-state index contributed by atoms with van der Waals surface area (Å²) >= 11 is 0. The molecule has 0 radical (unpaired) electrons. The van der Waals surface area contributed by atoms with Gasteiger partial charge < -0.3 is 15.0 Å². The van der Waals surface area contributed by atoms with Crippen LogP contribution >= 0.6 is 0 Å². The Labute approximate surface area is 135 Å². The number of amides is 2. The second-order valence-electron chi connectivity index (χ2n) is 5.46. The number of hydrazine groups is 1. The van der Waals surface area contributed by atoms with Gasteiger partial charge in [-0.15, -0.1) is 0 Å². The van der Waals surface area contributed by atoms with Crippen LogP contribution in [0, 0.1) is 0 Å². The molecule has 124 valence electrons. The predicted molar refractivity (Wildman–Crippen MR) is 87.4 cm³/mol. The molecule has 0 aliphatic carbocycles. The Bertz CT molecular complexity index is 637. The number of carbonyl (C=O) groups is 2. The third-order valence-corrected chi connectivity index (χ3v) is 3.76. The molecule has 2 amide bonds. The first-order chi connectivity index (χ1) is 10.9. The molecule has 0 saturated carbocycles. The van der Waals surface area contributed by atoms with Crippen LogP contribution in [0.3, 0.4) is 0 Å². The lowest BCUT2D eigenvalue weighted by Gasteiger charge is -2.32. The van der Waals surface area contributed by atoms with E-state index in [1.165, 1.54) is 0 Å².